The van der Waals surface area contributed by atoms with Crippen molar-refractivity contribution in [2.75, 3.05) is 24.3 Å². The number of anilines is 3. The standard InChI is InChI=1S/C11H9ClF3N5/c1-20(2)11-18-9(12)17-10(19-11)16-8-6(14)3-5(13)4-7(8)15/h3-4H,1-2H3,(H,16,17,18,19). The molecule has 0 aliphatic carbocycles. The van der Waals surface area contributed by atoms with Crippen molar-refractivity contribution >= 4 is 29.2 Å². The van der Waals surface area contributed by atoms with E-state index in [2.05, 4.69) is 20.3 Å². The van der Waals surface area contributed by atoms with Gasteiger partial charge in [0.05, 0.1) is 0 Å². The molecule has 0 bridgehead atoms. The lowest BCUT2D eigenvalue weighted by atomic mass is 10.3. The molecule has 1 N–H and O–H groups in total. The van der Waals surface area contributed by atoms with Crippen LogP contribution in [0.3, 0.4) is 0 Å². The van der Waals surface area contributed by atoms with Gasteiger partial charge in [0.15, 0.2) is 11.6 Å². The van der Waals surface area contributed by atoms with Crippen LogP contribution in [-0.2, 0) is 0 Å². The largest absolute Gasteiger partial charge is 0.347 e. The highest BCUT2D eigenvalue weighted by Crippen LogP contribution is 2.23. The van der Waals surface area contributed by atoms with Crippen LogP contribution >= 0.6 is 11.6 Å². The van der Waals surface area contributed by atoms with Crippen molar-refractivity contribution in [1.29, 1.82) is 0 Å². The SMILES string of the molecule is CN(C)c1nc(Cl)nc(Nc2c(F)cc(F)cc2F)n1. The zero-order chi connectivity index (χ0) is 14.9. The van der Waals surface area contributed by atoms with E-state index in [9.17, 15) is 13.2 Å². The molecule has 5 nitrogen and oxygen atoms in total. The minimum Gasteiger partial charge on any atom is -0.347 e. The molecule has 0 spiro atoms. The van der Waals surface area contributed by atoms with E-state index in [4.69, 9.17) is 11.6 Å². The molecule has 1 aromatic heterocycles. The number of hydrogen-bond donors (Lipinski definition) is 1. The Balaban J connectivity index is 2.40. The van der Waals surface area contributed by atoms with Crippen LogP contribution in [0.15, 0.2) is 12.1 Å². The second kappa shape index (κ2) is 5.49. The van der Waals surface area contributed by atoms with E-state index in [1.807, 2.05) is 0 Å². The summed E-state index contributed by atoms with van der Waals surface area (Å²) in [6.45, 7) is 0. The fourth-order valence-corrected chi connectivity index (χ4v) is 1.52. The Bertz CT molecular complexity index is 627. The molecule has 0 aliphatic heterocycles. The van der Waals surface area contributed by atoms with E-state index < -0.39 is 23.1 Å². The first-order valence-electron chi connectivity index (χ1n) is 5.37. The highest BCUT2D eigenvalue weighted by Gasteiger charge is 2.14. The van der Waals surface area contributed by atoms with Crippen molar-refractivity contribution in [3.05, 3.63) is 34.9 Å². The zero-order valence-corrected chi connectivity index (χ0v) is 11.2. The van der Waals surface area contributed by atoms with Gasteiger partial charge in [-0.25, -0.2) is 13.2 Å². The van der Waals surface area contributed by atoms with Crippen molar-refractivity contribution < 1.29 is 13.2 Å². The Morgan fingerprint density at radius 2 is 1.65 bits per heavy atom. The molecule has 0 radical (unpaired) electrons. The lowest BCUT2D eigenvalue weighted by molar-refractivity contribution is 0.548. The highest BCUT2D eigenvalue weighted by atomic mass is 35.5. The number of benzene rings is 1. The van der Waals surface area contributed by atoms with Gasteiger partial charge in [0.1, 0.15) is 11.5 Å². The van der Waals surface area contributed by atoms with Crippen molar-refractivity contribution in [2.24, 2.45) is 0 Å². The maximum Gasteiger partial charge on any atom is 0.233 e. The first kappa shape index (κ1) is 14.3. The summed E-state index contributed by atoms with van der Waals surface area (Å²) in [5.74, 6) is -3.18. The first-order chi connectivity index (χ1) is 9.36. The fourth-order valence-electron chi connectivity index (χ4n) is 1.37. The van der Waals surface area contributed by atoms with Gasteiger partial charge >= 0.3 is 0 Å². The normalized spacial score (nSPS) is 10.5. The number of nitrogens with one attached hydrogen (secondary N) is 1. The van der Waals surface area contributed by atoms with Crippen molar-refractivity contribution in [3.63, 3.8) is 0 Å². The van der Waals surface area contributed by atoms with E-state index in [-0.39, 0.29) is 17.2 Å². The monoisotopic (exact) mass is 303 g/mol. The summed E-state index contributed by atoms with van der Waals surface area (Å²) in [4.78, 5) is 13.0. The number of hydrogen-bond acceptors (Lipinski definition) is 5. The zero-order valence-electron chi connectivity index (χ0n) is 10.5. The predicted molar refractivity (Wildman–Crippen MR) is 68.8 cm³/mol. The summed E-state index contributed by atoms with van der Waals surface area (Å²) in [6, 6.07) is 1.09. The molecular weight excluding hydrogens is 295 g/mol. The average Bonchev–Trinajstić information content (AvgIpc) is 2.33. The molecule has 0 saturated heterocycles. The van der Waals surface area contributed by atoms with Gasteiger partial charge in [-0.3, -0.25) is 0 Å². The van der Waals surface area contributed by atoms with Gasteiger partial charge in [-0.1, -0.05) is 0 Å². The maximum absolute atomic E-state index is 13.5. The van der Waals surface area contributed by atoms with Crippen LogP contribution in [0.4, 0.5) is 30.8 Å². The molecular formula is C11H9ClF3N5. The van der Waals surface area contributed by atoms with Gasteiger partial charge in [0, 0.05) is 26.2 Å². The summed E-state index contributed by atoms with van der Waals surface area (Å²) in [7, 11) is 3.32. The molecule has 0 saturated carbocycles. The Hall–Kier alpha value is -2.09. The number of aromatic nitrogens is 3. The third-order valence-corrected chi connectivity index (χ3v) is 2.41. The van der Waals surface area contributed by atoms with Crippen LogP contribution in [0, 0.1) is 17.5 Å². The van der Waals surface area contributed by atoms with E-state index in [0.717, 1.165) is 0 Å². The smallest absolute Gasteiger partial charge is 0.233 e. The van der Waals surface area contributed by atoms with Crippen LogP contribution < -0.4 is 10.2 Å². The Morgan fingerprint density at radius 3 is 2.20 bits per heavy atom. The van der Waals surface area contributed by atoms with Crippen molar-refractivity contribution in [2.45, 2.75) is 0 Å². The van der Waals surface area contributed by atoms with E-state index >= 15 is 0 Å². The van der Waals surface area contributed by atoms with Crippen molar-refractivity contribution in [1.82, 2.24) is 15.0 Å². The Kier molecular flexibility index (Phi) is 3.93. The molecule has 0 amide bonds. The highest BCUT2D eigenvalue weighted by molar-refractivity contribution is 6.28. The number of nitrogens with zero attached hydrogens (tertiary/aromatic N) is 4. The van der Waals surface area contributed by atoms with E-state index in [0.29, 0.717) is 12.1 Å². The summed E-state index contributed by atoms with van der Waals surface area (Å²) >= 11 is 5.69. The molecule has 0 unspecified atom stereocenters. The third kappa shape index (κ3) is 3.08. The molecule has 0 fully saturated rings. The quantitative estimate of drug-likeness (QED) is 0.945. The second-order valence-corrected chi connectivity index (χ2v) is 4.33. The average molecular weight is 304 g/mol. The van der Waals surface area contributed by atoms with Crippen LogP contribution in [0.25, 0.3) is 0 Å². The Labute approximate surface area is 117 Å². The number of halogens is 4. The molecule has 9 heteroatoms. The van der Waals surface area contributed by atoms with E-state index in [1.54, 1.807) is 14.1 Å². The predicted octanol–water partition coefficient (Wildman–Crippen LogP) is 2.75. The van der Waals surface area contributed by atoms with Gasteiger partial charge in [-0.15, -0.1) is 0 Å². The third-order valence-electron chi connectivity index (χ3n) is 2.24. The van der Waals surface area contributed by atoms with Gasteiger partial charge < -0.3 is 10.2 Å². The summed E-state index contributed by atoms with van der Waals surface area (Å²) in [5, 5.41) is 2.17. The van der Waals surface area contributed by atoms with E-state index in [1.165, 1.54) is 4.90 Å². The summed E-state index contributed by atoms with van der Waals surface area (Å²) in [5.41, 5.74) is -0.571. The topological polar surface area (TPSA) is 53.9 Å². The maximum atomic E-state index is 13.5. The van der Waals surface area contributed by atoms with Crippen LogP contribution in [-0.4, -0.2) is 29.0 Å². The fraction of sp³-hybridized carbons (Fsp3) is 0.182. The second-order valence-electron chi connectivity index (χ2n) is 3.99. The van der Waals surface area contributed by atoms with Crippen LogP contribution in [0.1, 0.15) is 0 Å². The number of rotatable bonds is 3. The van der Waals surface area contributed by atoms with Gasteiger partial charge in [-0.05, 0) is 11.6 Å². The molecule has 20 heavy (non-hydrogen) atoms. The summed E-state index contributed by atoms with van der Waals surface area (Å²) < 4.78 is 39.8. The lowest BCUT2D eigenvalue weighted by Gasteiger charge is -2.12. The first-order valence-corrected chi connectivity index (χ1v) is 5.75. The van der Waals surface area contributed by atoms with Gasteiger partial charge in [0.25, 0.3) is 0 Å². The van der Waals surface area contributed by atoms with Crippen molar-refractivity contribution in [3.8, 4) is 0 Å². The molecule has 2 aromatic rings. The lowest BCUT2D eigenvalue weighted by Crippen LogP contribution is -2.14. The minimum absolute atomic E-state index is 0.144. The van der Waals surface area contributed by atoms with Crippen LogP contribution in [0.2, 0.25) is 5.28 Å². The Morgan fingerprint density at radius 1 is 1.05 bits per heavy atom. The van der Waals surface area contributed by atoms with Crippen LogP contribution in [0.5, 0.6) is 0 Å². The summed E-state index contributed by atoms with van der Waals surface area (Å²) in [6.07, 6.45) is 0. The minimum atomic E-state index is -1.11. The molecule has 2 rings (SSSR count). The molecule has 0 aliphatic rings. The molecule has 0 atom stereocenters. The van der Waals surface area contributed by atoms with Gasteiger partial charge in [0.2, 0.25) is 17.2 Å². The molecule has 106 valence electrons. The molecule has 1 aromatic carbocycles. The van der Waals surface area contributed by atoms with Gasteiger partial charge in [-0.2, -0.15) is 15.0 Å². The molecule has 1 heterocycles.